The van der Waals surface area contributed by atoms with Crippen molar-refractivity contribution in [1.29, 1.82) is 0 Å². The number of rotatable bonds is 5. The second-order valence-electron chi connectivity index (χ2n) is 4.13. The summed E-state index contributed by atoms with van der Waals surface area (Å²) in [6.07, 6.45) is 2.37. The Morgan fingerprint density at radius 1 is 1.22 bits per heavy atom. The van der Waals surface area contributed by atoms with Gasteiger partial charge in [-0.05, 0) is 24.5 Å². The Morgan fingerprint density at radius 3 is 2.56 bits per heavy atom. The van der Waals surface area contributed by atoms with Gasteiger partial charge in [-0.25, -0.2) is 0 Å². The summed E-state index contributed by atoms with van der Waals surface area (Å²) in [4.78, 5) is 4.20. The summed E-state index contributed by atoms with van der Waals surface area (Å²) in [7, 11) is 1.80. The van der Waals surface area contributed by atoms with Gasteiger partial charge >= 0.3 is 0 Å². The molecule has 1 aromatic rings. The normalized spacial score (nSPS) is 10.7. The molecule has 4 heteroatoms. The van der Waals surface area contributed by atoms with Crippen LogP contribution in [0.5, 0.6) is 0 Å². The zero-order valence-electron chi connectivity index (χ0n) is 11.5. The molecule has 0 unspecified atom stereocenters. The van der Waals surface area contributed by atoms with Crippen LogP contribution in [0.1, 0.15) is 30.9 Å². The summed E-state index contributed by atoms with van der Waals surface area (Å²) in [5.74, 6) is 0.877. The third kappa shape index (κ3) is 6.23. The van der Waals surface area contributed by atoms with E-state index in [-0.39, 0.29) is 24.0 Å². The number of hydrogen-bond donors (Lipinski definition) is 2. The van der Waals surface area contributed by atoms with Crippen LogP contribution in [0.25, 0.3) is 0 Å². The van der Waals surface area contributed by atoms with Crippen LogP contribution in [0.15, 0.2) is 29.3 Å². The highest BCUT2D eigenvalue weighted by atomic mass is 127. The second-order valence-corrected chi connectivity index (χ2v) is 4.13. The largest absolute Gasteiger partial charge is 0.356 e. The van der Waals surface area contributed by atoms with E-state index in [1.807, 2.05) is 0 Å². The number of halogens is 1. The van der Waals surface area contributed by atoms with Crippen LogP contribution in [-0.2, 0) is 6.54 Å². The van der Waals surface area contributed by atoms with Crippen LogP contribution in [0.4, 0.5) is 0 Å². The Hall–Kier alpha value is -0.780. The smallest absolute Gasteiger partial charge is 0.191 e. The maximum absolute atomic E-state index is 4.20. The molecule has 0 spiro atoms. The van der Waals surface area contributed by atoms with Gasteiger partial charge in [-0.3, -0.25) is 4.99 Å². The molecule has 0 aliphatic rings. The number of nitrogens with zero attached hydrogens (tertiary/aromatic N) is 1. The molecule has 0 heterocycles. The Morgan fingerprint density at radius 2 is 1.94 bits per heavy atom. The zero-order chi connectivity index (χ0) is 12.5. The van der Waals surface area contributed by atoms with E-state index < -0.39 is 0 Å². The molecule has 0 bridgehead atoms. The molecule has 3 nitrogen and oxygen atoms in total. The Bertz CT molecular complexity index is 364. The minimum atomic E-state index is 0. The van der Waals surface area contributed by atoms with Crippen molar-refractivity contribution in [2.24, 2.45) is 4.99 Å². The van der Waals surface area contributed by atoms with Crippen LogP contribution in [0.3, 0.4) is 0 Å². The van der Waals surface area contributed by atoms with Crippen molar-refractivity contribution < 1.29 is 0 Å². The van der Waals surface area contributed by atoms with E-state index in [1.54, 1.807) is 7.05 Å². The van der Waals surface area contributed by atoms with Gasteiger partial charge in [0.1, 0.15) is 0 Å². The van der Waals surface area contributed by atoms with E-state index >= 15 is 0 Å². The number of hydrogen-bond acceptors (Lipinski definition) is 1. The van der Waals surface area contributed by atoms with E-state index in [0.29, 0.717) is 0 Å². The molecule has 0 atom stereocenters. The molecule has 0 aromatic heterocycles. The van der Waals surface area contributed by atoms with Gasteiger partial charge in [0.15, 0.2) is 5.96 Å². The third-order valence-electron chi connectivity index (χ3n) is 2.75. The number of guanidine groups is 1. The summed E-state index contributed by atoms with van der Waals surface area (Å²) < 4.78 is 0. The first-order chi connectivity index (χ1) is 8.27. The Labute approximate surface area is 127 Å². The highest BCUT2D eigenvalue weighted by Crippen LogP contribution is 2.05. The SMILES string of the molecule is CCCCNC(=NC)NCc1ccccc1C.I. The van der Waals surface area contributed by atoms with Crippen LogP contribution in [0, 0.1) is 6.92 Å². The number of aliphatic imine (C=N–C) groups is 1. The molecule has 18 heavy (non-hydrogen) atoms. The molecule has 2 N–H and O–H groups in total. The molecule has 102 valence electrons. The summed E-state index contributed by atoms with van der Waals surface area (Å²) in [6.45, 7) is 6.11. The first-order valence-electron chi connectivity index (χ1n) is 6.27. The van der Waals surface area contributed by atoms with E-state index in [0.717, 1.165) is 19.0 Å². The first kappa shape index (κ1) is 17.2. The topological polar surface area (TPSA) is 36.4 Å². The average molecular weight is 361 g/mol. The van der Waals surface area contributed by atoms with Gasteiger partial charge in [0.05, 0.1) is 0 Å². The van der Waals surface area contributed by atoms with Gasteiger partial charge in [0.2, 0.25) is 0 Å². The summed E-state index contributed by atoms with van der Waals surface area (Å²) in [5.41, 5.74) is 2.62. The standard InChI is InChI=1S/C14H23N3.HI/c1-4-5-10-16-14(15-3)17-11-13-9-7-6-8-12(13)2;/h6-9H,4-5,10-11H2,1-3H3,(H2,15,16,17);1H. The van der Waals surface area contributed by atoms with Crippen LogP contribution < -0.4 is 10.6 Å². The van der Waals surface area contributed by atoms with Crippen molar-refractivity contribution in [1.82, 2.24) is 10.6 Å². The summed E-state index contributed by atoms with van der Waals surface area (Å²) in [6, 6.07) is 8.40. The minimum absolute atomic E-state index is 0. The van der Waals surface area contributed by atoms with Crippen LogP contribution >= 0.6 is 24.0 Å². The number of nitrogens with one attached hydrogen (secondary N) is 2. The fourth-order valence-electron chi connectivity index (χ4n) is 1.59. The maximum atomic E-state index is 4.20. The fourth-order valence-corrected chi connectivity index (χ4v) is 1.59. The summed E-state index contributed by atoms with van der Waals surface area (Å²) >= 11 is 0. The number of aryl methyl sites for hydroxylation is 1. The van der Waals surface area contributed by atoms with Gasteiger partial charge in [0, 0.05) is 20.1 Å². The minimum Gasteiger partial charge on any atom is -0.356 e. The van der Waals surface area contributed by atoms with E-state index in [9.17, 15) is 0 Å². The molecule has 1 aromatic carbocycles. The lowest BCUT2D eigenvalue weighted by molar-refractivity contribution is 0.728. The monoisotopic (exact) mass is 361 g/mol. The van der Waals surface area contributed by atoms with Gasteiger partial charge in [0.25, 0.3) is 0 Å². The molecule has 0 saturated carbocycles. The third-order valence-corrected chi connectivity index (χ3v) is 2.75. The zero-order valence-corrected chi connectivity index (χ0v) is 13.8. The lowest BCUT2D eigenvalue weighted by atomic mass is 10.1. The Balaban J connectivity index is 0.00000289. The second kappa shape index (κ2) is 10.2. The van der Waals surface area contributed by atoms with Crippen molar-refractivity contribution in [3.63, 3.8) is 0 Å². The van der Waals surface area contributed by atoms with Crippen molar-refractivity contribution in [2.45, 2.75) is 33.2 Å². The molecule has 0 fully saturated rings. The predicted octanol–water partition coefficient (Wildman–Crippen LogP) is 3.08. The molecule has 0 radical (unpaired) electrons. The van der Waals surface area contributed by atoms with E-state index in [4.69, 9.17) is 0 Å². The molecule has 1 rings (SSSR count). The van der Waals surface area contributed by atoms with Crippen molar-refractivity contribution >= 4 is 29.9 Å². The molecule has 0 aliphatic heterocycles. The van der Waals surface area contributed by atoms with Crippen molar-refractivity contribution in [3.8, 4) is 0 Å². The lowest BCUT2D eigenvalue weighted by Crippen LogP contribution is -2.37. The molecular formula is C14H24IN3. The molecule has 0 aliphatic carbocycles. The van der Waals surface area contributed by atoms with Crippen LogP contribution in [0.2, 0.25) is 0 Å². The number of benzene rings is 1. The molecule has 0 amide bonds. The first-order valence-corrected chi connectivity index (χ1v) is 6.27. The maximum Gasteiger partial charge on any atom is 0.191 e. The molecule has 0 saturated heterocycles. The number of unbranched alkanes of at least 4 members (excludes halogenated alkanes) is 1. The lowest BCUT2D eigenvalue weighted by Gasteiger charge is -2.12. The summed E-state index contributed by atoms with van der Waals surface area (Å²) in [5, 5.41) is 6.62. The Kier molecular flexibility index (Phi) is 9.73. The van der Waals surface area contributed by atoms with Crippen molar-refractivity contribution in [2.75, 3.05) is 13.6 Å². The highest BCUT2D eigenvalue weighted by molar-refractivity contribution is 14.0. The predicted molar refractivity (Wildman–Crippen MR) is 89.7 cm³/mol. The van der Waals surface area contributed by atoms with Gasteiger partial charge in [-0.15, -0.1) is 24.0 Å². The highest BCUT2D eigenvalue weighted by Gasteiger charge is 1.99. The van der Waals surface area contributed by atoms with Gasteiger partial charge < -0.3 is 10.6 Å². The molecular weight excluding hydrogens is 337 g/mol. The van der Waals surface area contributed by atoms with Crippen LogP contribution in [-0.4, -0.2) is 19.6 Å². The quantitative estimate of drug-likeness (QED) is 0.366. The van der Waals surface area contributed by atoms with E-state index in [1.165, 1.54) is 24.0 Å². The van der Waals surface area contributed by atoms with Crippen molar-refractivity contribution in [3.05, 3.63) is 35.4 Å². The average Bonchev–Trinajstić information content (AvgIpc) is 2.35. The van der Waals surface area contributed by atoms with Gasteiger partial charge in [-0.2, -0.15) is 0 Å². The van der Waals surface area contributed by atoms with E-state index in [2.05, 4.69) is 53.7 Å². The fraction of sp³-hybridized carbons (Fsp3) is 0.500. The van der Waals surface area contributed by atoms with Gasteiger partial charge in [-0.1, -0.05) is 37.6 Å².